The second kappa shape index (κ2) is 5.74. The fourth-order valence-electron chi connectivity index (χ4n) is 1.87. The third-order valence-electron chi connectivity index (χ3n) is 3.05. The van der Waals surface area contributed by atoms with Crippen molar-refractivity contribution in [1.29, 1.82) is 0 Å². The van der Waals surface area contributed by atoms with Crippen molar-refractivity contribution >= 4 is 11.7 Å². The molecule has 1 amide bonds. The van der Waals surface area contributed by atoms with Gasteiger partial charge in [0.05, 0.1) is 6.42 Å². The monoisotopic (exact) mass is 291 g/mol. The molecule has 0 saturated heterocycles. The van der Waals surface area contributed by atoms with E-state index in [1.165, 1.54) is 32.3 Å². The zero-order valence-corrected chi connectivity index (χ0v) is 11.6. The van der Waals surface area contributed by atoms with Crippen molar-refractivity contribution in [1.82, 2.24) is 9.13 Å². The Morgan fingerprint density at radius 1 is 1.19 bits per heavy atom. The molecule has 7 heteroatoms. The lowest BCUT2D eigenvalue weighted by Gasteiger charge is -2.10. The number of aromatic nitrogens is 2. The standard InChI is InChI=1S/C14H14FN3O3/c1-17-11(8-13(20)18(2)14(17)21)16-12(19)7-9-4-3-5-10(15)6-9/h3-6,8H,7H2,1-2H3,(H,16,19). The molecule has 1 aromatic heterocycles. The average molecular weight is 291 g/mol. The van der Waals surface area contributed by atoms with Crippen molar-refractivity contribution in [3.63, 3.8) is 0 Å². The van der Waals surface area contributed by atoms with E-state index in [1.54, 1.807) is 6.07 Å². The number of halogens is 1. The van der Waals surface area contributed by atoms with Gasteiger partial charge < -0.3 is 5.32 Å². The fourth-order valence-corrected chi connectivity index (χ4v) is 1.87. The summed E-state index contributed by atoms with van der Waals surface area (Å²) < 4.78 is 15.1. The van der Waals surface area contributed by atoms with Crippen LogP contribution >= 0.6 is 0 Å². The van der Waals surface area contributed by atoms with Crippen LogP contribution in [0, 0.1) is 5.82 Å². The Morgan fingerprint density at radius 2 is 1.90 bits per heavy atom. The van der Waals surface area contributed by atoms with E-state index in [1.807, 2.05) is 0 Å². The number of benzene rings is 1. The average Bonchev–Trinajstić information content (AvgIpc) is 2.42. The van der Waals surface area contributed by atoms with Crippen molar-refractivity contribution in [2.75, 3.05) is 5.32 Å². The number of rotatable bonds is 3. The highest BCUT2D eigenvalue weighted by Crippen LogP contribution is 2.06. The number of hydrogen-bond acceptors (Lipinski definition) is 3. The molecule has 0 aliphatic rings. The van der Waals surface area contributed by atoms with Gasteiger partial charge in [-0.05, 0) is 17.7 Å². The third kappa shape index (κ3) is 3.25. The van der Waals surface area contributed by atoms with Crippen LogP contribution in [0.15, 0.2) is 39.9 Å². The summed E-state index contributed by atoms with van der Waals surface area (Å²) in [5, 5.41) is 2.48. The van der Waals surface area contributed by atoms with Crippen LogP contribution in [0.1, 0.15) is 5.56 Å². The number of hydrogen-bond donors (Lipinski definition) is 1. The van der Waals surface area contributed by atoms with Crippen molar-refractivity contribution in [3.8, 4) is 0 Å². The molecule has 2 aromatic rings. The Kier molecular flexibility index (Phi) is 4.02. The minimum absolute atomic E-state index is 0.0544. The maximum absolute atomic E-state index is 13.0. The first kappa shape index (κ1) is 14.7. The van der Waals surface area contributed by atoms with Crippen molar-refractivity contribution in [3.05, 3.63) is 62.6 Å². The number of anilines is 1. The lowest BCUT2D eigenvalue weighted by molar-refractivity contribution is -0.115. The van der Waals surface area contributed by atoms with Gasteiger partial charge in [0.2, 0.25) is 5.91 Å². The fraction of sp³-hybridized carbons (Fsp3) is 0.214. The molecule has 1 heterocycles. The number of amides is 1. The summed E-state index contributed by atoms with van der Waals surface area (Å²) in [6.45, 7) is 0. The highest BCUT2D eigenvalue weighted by atomic mass is 19.1. The minimum atomic E-state index is -0.538. The second-order valence-electron chi connectivity index (χ2n) is 4.62. The molecular formula is C14H14FN3O3. The van der Waals surface area contributed by atoms with E-state index in [0.29, 0.717) is 5.56 Å². The van der Waals surface area contributed by atoms with Gasteiger partial charge in [-0.1, -0.05) is 12.1 Å². The molecule has 21 heavy (non-hydrogen) atoms. The molecule has 0 bridgehead atoms. The van der Waals surface area contributed by atoms with Gasteiger partial charge in [-0.25, -0.2) is 9.18 Å². The molecule has 0 radical (unpaired) electrons. The molecule has 1 aromatic carbocycles. The van der Waals surface area contributed by atoms with Crippen LogP contribution in [0.5, 0.6) is 0 Å². The molecule has 1 N–H and O–H groups in total. The molecule has 0 unspecified atom stereocenters. The summed E-state index contributed by atoms with van der Waals surface area (Å²) in [4.78, 5) is 35.2. The highest BCUT2D eigenvalue weighted by Gasteiger charge is 2.10. The van der Waals surface area contributed by atoms with Crippen LogP contribution in [0.2, 0.25) is 0 Å². The SMILES string of the molecule is Cn1c(NC(=O)Cc2cccc(F)c2)cc(=O)n(C)c1=O. The number of nitrogens with one attached hydrogen (secondary N) is 1. The lowest BCUT2D eigenvalue weighted by Crippen LogP contribution is -2.38. The van der Waals surface area contributed by atoms with Gasteiger partial charge >= 0.3 is 5.69 Å². The van der Waals surface area contributed by atoms with Crippen molar-refractivity contribution in [2.24, 2.45) is 14.1 Å². The van der Waals surface area contributed by atoms with E-state index >= 15 is 0 Å². The van der Waals surface area contributed by atoms with Crippen LogP contribution in [0.4, 0.5) is 10.2 Å². The first-order valence-corrected chi connectivity index (χ1v) is 6.20. The van der Waals surface area contributed by atoms with Crippen molar-refractivity contribution < 1.29 is 9.18 Å². The molecule has 2 rings (SSSR count). The summed E-state index contributed by atoms with van der Waals surface area (Å²) in [6, 6.07) is 6.82. The summed E-state index contributed by atoms with van der Waals surface area (Å²) in [5.41, 5.74) is -0.552. The normalized spacial score (nSPS) is 10.4. The molecule has 0 aliphatic carbocycles. The quantitative estimate of drug-likeness (QED) is 0.890. The van der Waals surface area contributed by atoms with Gasteiger partial charge in [0.1, 0.15) is 11.6 Å². The maximum atomic E-state index is 13.0. The van der Waals surface area contributed by atoms with E-state index in [2.05, 4.69) is 5.32 Å². The molecule has 6 nitrogen and oxygen atoms in total. The summed E-state index contributed by atoms with van der Waals surface area (Å²) in [5.74, 6) is -0.769. The van der Waals surface area contributed by atoms with E-state index in [4.69, 9.17) is 0 Å². The summed E-state index contributed by atoms with van der Waals surface area (Å²) in [7, 11) is 2.79. The van der Waals surface area contributed by atoms with Crippen molar-refractivity contribution in [2.45, 2.75) is 6.42 Å². The van der Waals surface area contributed by atoms with Crippen LogP contribution in [-0.2, 0) is 25.3 Å². The zero-order chi connectivity index (χ0) is 15.6. The minimum Gasteiger partial charge on any atom is -0.312 e. The molecule has 0 spiro atoms. The summed E-state index contributed by atoms with van der Waals surface area (Å²) >= 11 is 0. The third-order valence-corrected chi connectivity index (χ3v) is 3.05. The van der Waals surface area contributed by atoms with Gasteiger partial charge in [0.15, 0.2) is 0 Å². The summed E-state index contributed by atoms with van der Waals surface area (Å²) in [6.07, 6.45) is -0.0544. The van der Waals surface area contributed by atoms with Gasteiger partial charge in [-0.15, -0.1) is 0 Å². The van der Waals surface area contributed by atoms with Crippen LogP contribution in [0.3, 0.4) is 0 Å². The number of nitrogens with zero attached hydrogens (tertiary/aromatic N) is 2. The van der Waals surface area contributed by atoms with E-state index < -0.39 is 23.0 Å². The Morgan fingerprint density at radius 3 is 2.57 bits per heavy atom. The molecule has 0 atom stereocenters. The number of carbonyl (C=O) groups is 1. The lowest BCUT2D eigenvalue weighted by atomic mass is 10.1. The molecule has 0 fully saturated rings. The van der Waals surface area contributed by atoms with E-state index in [9.17, 15) is 18.8 Å². The predicted octanol–water partition coefficient (Wildman–Crippen LogP) is 0.404. The second-order valence-corrected chi connectivity index (χ2v) is 4.62. The van der Waals surface area contributed by atoms with Crippen LogP contribution < -0.4 is 16.6 Å². The van der Waals surface area contributed by atoms with Gasteiger partial charge in [-0.3, -0.25) is 18.7 Å². The van der Waals surface area contributed by atoms with Gasteiger partial charge in [0, 0.05) is 20.2 Å². The first-order valence-electron chi connectivity index (χ1n) is 6.20. The molecule has 110 valence electrons. The largest absolute Gasteiger partial charge is 0.332 e. The molecule has 0 saturated carbocycles. The Labute approximate surface area is 119 Å². The Bertz CT molecular complexity index is 808. The van der Waals surface area contributed by atoms with Gasteiger partial charge in [-0.2, -0.15) is 0 Å². The zero-order valence-electron chi connectivity index (χ0n) is 11.6. The topological polar surface area (TPSA) is 73.1 Å². The number of carbonyl (C=O) groups excluding carboxylic acids is 1. The van der Waals surface area contributed by atoms with Crippen LogP contribution in [-0.4, -0.2) is 15.0 Å². The Hall–Kier alpha value is -2.70. The van der Waals surface area contributed by atoms with Crippen LogP contribution in [0.25, 0.3) is 0 Å². The highest BCUT2D eigenvalue weighted by molar-refractivity contribution is 5.91. The predicted molar refractivity (Wildman–Crippen MR) is 75.7 cm³/mol. The van der Waals surface area contributed by atoms with Gasteiger partial charge in [0.25, 0.3) is 5.56 Å². The van der Waals surface area contributed by atoms with E-state index in [0.717, 1.165) is 15.2 Å². The molecular weight excluding hydrogens is 277 g/mol. The molecule has 0 aliphatic heterocycles. The van der Waals surface area contributed by atoms with E-state index in [-0.39, 0.29) is 12.2 Å². The smallest absolute Gasteiger partial charge is 0.312 e. The first-order chi connectivity index (χ1) is 9.88. The maximum Gasteiger partial charge on any atom is 0.332 e. The Balaban J connectivity index is 2.21.